The SMILES string of the molecule is C.C.COC(=O)CCC(CC(C)=O)OC. The van der Waals surface area contributed by atoms with E-state index < -0.39 is 0 Å². The lowest BCUT2D eigenvalue weighted by Gasteiger charge is -2.12. The number of Topliss-reactive ketones (excluding diaryl/α,β-unsaturated/α-hetero) is 1. The zero-order valence-corrected chi connectivity index (χ0v) is 8.33. The maximum Gasteiger partial charge on any atom is 0.305 e. The number of esters is 1. The molecule has 4 heteroatoms. The second kappa shape index (κ2) is 11.2. The van der Waals surface area contributed by atoms with Crippen LogP contribution in [0.25, 0.3) is 0 Å². The predicted octanol–water partition coefficient (Wildman–Crippen LogP) is 2.21. The summed E-state index contributed by atoms with van der Waals surface area (Å²) in [4.78, 5) is 21.5. The molecule has 0 aromatic rings. The summed E-state index contributed by atoms with van der Waals surface area (Å²) in [5.74, 6) is -0.206. The lowest BCUT2D eigenvalue weighted by molar-refractivity contribution is -0.141. The molecule has 0 aliphatic carbocycles. The molecule has 0 heterocycles. The highest BCUT2D eigenvalue weighted by Crippen LogP contribution is 2.07. The van der Waals surface area contributed by atoms with Crippen LogP contribution in [0.3, 0.4) is 0 Å². The van der Waals surface area contributed by atoms with E-state index in [-0.39, 0.29) is 32.7 Å². The summed E-state index contributed by atoms with van der Waals surface area (Å²) in [5, 5.41) is 0. The summed E-state index contributed by atoms with van der Waals surface area (Å²) < 4.78 is 9.50. The fraction of sp³-hybridized carbons (Fsp3) is 0.818. The van der Waals surface area contributed by atoms with E-state index in [0.717, 1.165) is 0 Å². The van der Waals surface area contributed by atoms with Crippen LogP contribution in [-0.4, -0.2) is 32.1 Å². The van der Waals surface area contributed by atoms with E-state index in [0.29, 0.717) is 19.3 Å². The van der Waals surface area contributed by atoms with Gasteiger partial charge in [-0.3, -0.25) is 9.59 Å². The Morgan fingerprint density at radius 2 is 1.73 bits per heavy atom. The molecule has 0 amide bonds. The normalized spacial score (nSPS) is 10.6. The molecule has 0 spiro atoms. The van der Waals surface area contributed by atoms with Gasteiger partial charge in [-0.05, 0) is 13.3 Å². The van der Waals surface area contributed by atoms with Crippen LogP contribution in [0.5, 0.6) is 0 Å². The largest absolute Gasteiger partial charge is 0.469 e. The van der Waals surface area contributed by atoms with Crippen molar-refractivity contribution in [3.8, 4) is 0 Å². The molecule has 0 aromatic carbocycles. The van der Waals surface area contributed by atoms with Gasteiger partial charge < -0.3 is 9.47 Å². The van der Waals surface area contributed by atoms with Gasteiger partial charge in [-0.1, -0.05) is 14.9 Å². The molecule has 15 heavy (non-hydrogen) atoms. The Morgan fingerprint density at radius 1 is 1.20 bits per heavy atom. The molecule has 0 aromatic heterocycles. The minimum Gasteiger partial charge on any atom is -0.469 e. The number of ether oxygens (including phenoxy) is 2. The van der Waals surface area contributed by atoms with E-state index >= 15 is 0 Å². The van der Waals surface area contributed by atoms with Crippen molar-refractivity contribution in [2.24, 2.45) is 0 Å². The van der Waals surface area contributed by atoms with Crippen molar-refractivity contribution in [1.82, 2.24) is 0 Å². The number of hydrogen-bond donors (Lipinski definition) is 0. The van der Waals surface area contributed by atoms with Crippen LogP contribution >= 0.6 is 0 Å². The van der Waals surface area contributed by atoms with Gasteiger partial charge in [-0.2, -0.15) is 0 Å². The number of carbonyl (C=O) groups is 2. The molecule has 0 saturated heterocycles. The summed E-state index contributed by atoms with van der Waals surface area (Å²) in [6.45, 7) is 1.50. The second-order valence-electron chi connectivity index (χ2n) is 2.88. The molecule has 0 aliphatic heterocycles. The zero-order valence-electron chi connectivity index (χ0n) is 8.33. The van der Waals surface area contributed by atoms with E-state index in [1.165, 1.54) is 21.1 Å². The van der Waals surface area contributed by atoms with Crippen molar-refractivity contribution in [3.63, 3.8) is 0 Å². The highest BCUT2D eigenvalue weighted by Gasteiger charge is 2.12. The smallest absolute Gasteiger partial charge is 0.305 e. The van der Waals surface area contributed by atoms with Crippen LogP contribution < -0.4 is 0 Å². The standard InChI is InChI=1S/C9H16O4.2CH4/c1-7(10)6-8(12-2)4-5-9(11)13-3;;/h8H,4-6H2,1-3H3;2*1H4. The third-order valence-corrected chi connectivity index (χ3v) is 1.75. The van der Waals surface area contributed by atoms with Crippen LogP contribution in [0.15, 0.2) is 0 Å². The third-order valence-electron chi connectivity index (χ3n) is 1.75. The summed E-state index contributed by atoms with van der Waals surface area (Å²) in [6, 6.07) is 0. The molecule has 0 fully saturated rings. The Morgan fingerprint density at radius 3 is 2.07 bits per heavy atom. The second-order valence-corrected chi connectivity index (χ2v) is 2.88. The predicted molar refractivity (Wildman–Crippen MR) is 60.8 cm³/mol. The van der Waals surface area contributed by atoms with Gasteiger partial charge >= 0.3 is 5.97 Å². The van der Waals surface area contributed by atoms with Crippen LogP contribution in [-0.2, 0) is 19.1 Å². The first-order valence-corrected chi connectivity index (χ1v) is 4.19. The minimum absolute atomic E-state index is 0. The van der Waals surface area contributed by atoms with E-state index in [1.807, 2.05) is 0 Å². The Bertz CT molecular complexity index is 177. The van der Waals surface area contributed by atoms with Crippen molar-refractivity contribution in [2.45, 2.75) is 47.1 Å². The number of rotatable bonds is 6. The number of methoxy groups -OCH3 is 2. The number of ketones is 1. The summed E-state index contributed by atoms with van der Waals surface area (Å²) in [7, 11) is 2.88. The molecule has 1 unspecified atom stereocenters. The maximum absolute atomic E-state index is 10.8. The van der Waals surface area contributed by atoms with Crippen LogP contribution in [0, 0.1) is 0 Å². The first-order chi connectivity index (χ1) is 6.10. The molecule has 0 radical (unpaired) electrons. The Balaban J connectivity index is -0.000000720. The maximum atomic E-state index is 10.8. The quantitative estimate of drug-likeness (QED) is 0.644. The Kier molecular flexibility index (Phi) is 14.6. The molecule has 0 bridgehead atoms. The Labute approximate surface area is 93.0 Å². The van der Waals surface area contributed by atoms with Crippen LogP contribution in [0.4, 0.5) is 0 Å². The van der Waals surface area contributed by atoms with Gasteiger partial charge in [0.1, 0.15) is 5.78 Å². The number of hydrogen-bond acceptors (Lipinski definition) is 4. The lowest BCUT2D eigenvalue weighted by atomic mass is 10.1. The topological polar surface area (TPSA) is 52.6 Å². The first kappa shape index (κ1) is 19.6. The van der Waals surface area contributed by atoms with Gasteiger partial charge in [0.15, 0.2) is 0 Å². The van der Waals surface area contributed by atoms with Crippen molar-refractivity contribution in [1.29, 1.82) is 0 Å². The van der Waals surface area contributed by atoms with Gasteiger partial charge in [0.2, 0.25) is 0 Å². The molecule has 0 rings (SSSR count). The molecular formula is C11H24O4. The van der Waals surface area contributed by atoms with E-state index in [2.05, 4.69) is 4.74 Å². The van der Waals surface area contributed by atoms with Gasteiger partial charge in [0, 0.05) is 20.0 Å². The van der Waals surface area contributed by atoms with Gasteiger partial charge in [0.05, 0.1) is 13.2 Å². The Hall–Kier alpha value is -0.900. The first-order valence-electron chi connectivity index (χ1n) is 4.19. The average Bonchev–Trinajstić information content (AvgIpc) is 2.10. The molecule has 0 aliphatic rings. The fourth-order valence-corrected chi connectivity index (χ4v) is 1.00. The third kappa shape index (κ3) is 11.0. The minimum atomic E-state index is -0.273. The van der Waals surface area contributed by atoms with Crippen LogP contribution in [0.1, 0.15) is 41.0 Å². The van der Waals surface area contributed by atoms with Crippen molar-refractivity contribution < 1.29 is 19.1 Å². The van der Waals surface area contributed by atoms with Crippen molar-refractivity contribution >= 4 is 11.8 Å². The molecule has 1 atom stereocenters. The van der Waals surface area contributed by atoms with E-state index in [4.69, 9.17) is 4.74 Å². The van der Waals surface area contributed by atoms with Crippen molar-refractivity contribution in [2.75, 3.05) is 14.2 Å². The molecule has 0 saturated carbocycles. The molecular weight excluding hydrogens is 196 g/mol. The molecule has 4 nitrogen and oxygen atoms in total. The lowest BCUT2D eigenvalue weighted by Crippen LogP contribution is -2.16. The van der Waals surface area contributed by atoms with E-state index in [1.54, 1.807) is 0 Å². The van der Waals surface area contributed by atoms with Gasteiger partial charge in [-0.25, -0.2) is 0 Å². The highest BCUT2D eigenvalue weighted by molar-refractivity contribution is 5.76. The summed E-state index contributed by atoms with van der Waals surface area (Å²) in [5.41, 5.74) is 0. The fourth-order valence-electron chi connectivity index (χ4n) is 1.00. The van der Waals surface area contributed by atoms with Crippen molar-refractivity contribution in [3.05, 3.63) is 0 Å². The van der Waals surface area contributed by atoms with Gasteiger partial charge in [0.25, 0.3) is 0 Å². The average molecular weight is 220 g/mol. The zero-order chi connectivity index (χ0) is 10.3. The van der Waals surface area contributed by atoms with Crippen LogP contribution in [0.2, 0.25) is 0 Å². The highest BCUT2D eigenvalue weighted by atomic mass is 16.5. The summed E-state index contributed by atoms with van der Waals surface area (Å²) in [6.07, 6.45) is 1.01. The molecule has 92 valence electrons. The monoisotopic (exact) mass is 220 g/mol. The summed E-state index contributed by atoms with van der Waals surface area (Å²) >= 11 is 0. The van der Waals surface area contributed by atoms with E-state index in [9.17, 15) is 9.59 Å². The van der Waals surface area contributed by atoms with Gasteiger partial charge in [-0.15, -0.1) is 0 Å². The molecule has 0 N–H and O–H groups in total. The number of carbonyl (C=O) groups excluding carboxylic acids is 2.